The molecule has 1 saturated heterocycles. The van der Waals surface area contributed by atoms with Crippen molar-refractivity contribution in [1.29, 1.82) is 0 Å². The van der Waals surface area contributed by atoms with E-state index in [4.69, 9.17) is 4.74 Å². The Morgan fingerprint density at radius 2 is 1.93 bits per heavy atom. The average Bonchev–Trinajstić information content (AvgIpc) is 3.07. The molecule has 6 heteroatoms. The first-order valence-electron chi connectivity index (χ1n) is 10.2. The lowest BCUT2D eigenvalue weighted by Crippen LogP contribution is -2.40. The molecular weight excluding hydrogens is 386 g/mol. The number of carbonyl (C=O) groups excluding carboxylic acids is 1. The predicted octanol–water partition coefficient (Wildman–Crippen LogP) is 4.00. The van der Waals surface area contributed by atoms with Crippen molar-refractivity contribution in [2.24, 2.45) is 0 Å². The summed E-state index contributed by atoms with van der Waals surface area (Å²) in [5, 5.41) is 0. The van der Waals surface area contributed by atoms with E-state index >= 15 is 0 Å². The first kappa shape index (κ1) is 21.4. The van der Waals surface area contributed by atoms with Crippen LogP contribution in [0.2, 0.25) is 0 Å². The molecule has 1 aliphatic rings. The molecule has 1 heterocycles. The number of ether oxygens (including phenoxy) is 1. The van der Waals surface area contributed by atoms with Gasteiger partial charge in [-0.3, -0.25) is 4.79 Å². The Hall–Kier alpha value is -2.34. The molecule has 156 valence electrons. The molecule has 0 radical (unpaired) electrons. The minimum atomic E-state index is -3.10. The minimum absolute atomic E-state index is 0.0251. The maximum Gasteiger partial charge on any atom is 0.254 e. The van der Waals surface area contributed by atoms with E-state index in [1.165, 1.54) is 0 Å². The van der Waals surface area contributed by atoms with Crippen molar-refractivity contribution in [3.63, 3.8) is 0 Å². The SMILES string of the molecule is CCCCOc1cccc(C(=O)N(Cc2ccc(C)cc2)C2CCS(=O)(=O)C2)c1. The Kier molecular flexibility index (Phi) is 6.96. The van der Waals surface area contributed by atoms with Crippen LogP contribution in [0.3, 0.4) is 0 Å². The first-order valence-corrected chi connectivity index (χ1v) is 12.0. The van der Waals surface area contributed by atoms with E-state index in [0.29, 0.717) is 30.9 Å². The van der Waals surface area contributed by atoms with E-state index in [1.807, 2.05) is 43.3 Å². The zero-order valence-electron chi connectivity index (χ0n) is 17.1. The number of aryl methyl sites for hydroxylation is 1. The number of sulfone groups is 1. The molecule has 1 fully saturated rings. The quantitative estimate of drug-likeness (QED) is 0.611. The van der Waals surface area contributed by atoms with Gasteiger partial charge >= 0.3 is 0 Å². The van der Waals surface area contributed by atoms with Crippen molar-refractivity contribution < 1.29 is 17.9 Å². The number of unbranched alkanes of at least 4 members (excludes halogenated alkanes) is 1. The van der Waals surface area contributed by atoms with Gasteiger partial charge in [0.1, 0.15) is 5.75 Å². The van der Waals surface area contributed by atoms with Gasteiger partial charge in [0.15, 0.2) is 9.84 Å². The topological polar surface area (TPSA) is 63.7 Å². The number of hydrogen-bond acceptors (Lipinski definition) is 4. The molecule has 1 unspecified atom stereocenters. The maximum absolute atomic E-state index is 13.4. The van der Waals surface area contributed by atoms with Crippen LogP contribution < -0.4 is 4.74 Å². The van der Waals surface area contributed by atoms with E-state index in [0.717, 1.165) is 24.0 Å². The molecule has 0 bridgehead atoms. The fraction of sp³-hybridized carbons (Fsp3) is 0.435. The Morgan fingerprint density at radius 3 is 2.59 bits per heavy atom. The summed E-state index contributed by atoms with van der Waals surface area (Å²) in [6.45, 7) is 5.12. The highest BCUT2D eigenvalue weighted by molar-refractivity contribution is 7.91. The molecular formula is C23H29NO4S. The Labute approximate surface area is 173 Å². The molecule has 3 rings (SSSR count). The largest absolute Gasteiger partial charge is 0.494 e. The fourth-order valence-electron chi connectivity index (χ4n) is 3.50. The van der Waals surface area contributed by atoms with Crippen molar-refractivity contribution in [1.82, 2.24) is 4.90 Å². The van der Waals surface area contributed by atoms with Crippen LogP contribution in [0.4, 0.5) is 0 Å². The molecule has 5 nitrogen and oxygen atoms in total. The monoisotopic (exact) mass is 415 g/mol. The van der Waals surface area contributed by atoms with Crippen molar-refractivity contribution in [3.05, 3.63) is 65.2 Å². The third-order valence-corrected chi connectivity index (χ3v) is 6.98. The van der Waals surface area contributed by atoms with Gasteiger partial charge in [0, 0.05) is 18.2 Å². The Morgan fingerprint density at radius 1 is 1.17 bits per heavy atom. The van der Waals surface area contributed by atoms with Crippen molar-refractivity contribution in [3.8, 4) is 5.75 Å². The zero-order valence-corrected chi connectivity index (χ0v) is 18.0. The predicted molar refractivity (Wildman–Crippen MR) is 115 cm³/mol. The molecule has 0 aromatic heterocycles. The fourth-order valence-corrected chi connectivity index (χ4v) is 5.23. The van der Waals surface area contributed by atoms with Gasteiger partial charge in [-0.05, 0) is 43.5 Å². The summed E-state index contributed by atoms with van der Waals surface area (Å²) in [6, 6.07) is 14.9. The van der Waals surface area contributed by atoms with Gasteiger partial charge in [-0.2, -0.15) is 0 Å². The van der Waals surface area contributed by atoms with Gasteiger partial charge in [-0.1, -0.05) is 49.2 Å². The number of hydrogen-bond donors (Lipinski definition) is 0. The summed E-state index contributed by atoms with van der Waals surface area (Å²) < 4.78 is 29.8. The Balaban J connectivity index is 1.84. The second-order valence-electron chi connectivity index (χ2n) is 7.71. The highest BCUT2D eigenvalue weighted by Gasteiger charge is 2.35. The Bertz CT molecular complexity index is 938. The van der Waals surface area contributed by atoms with E-state index in [1.54, 1.807) is 17.0 Å². The van der Waals surface area contributed by atoms with Crippen LogP contribution in [0, 0.1) is 6.92 Å². The third kappa shape index (κ3) is 5.82. The summed E-state index contributed by atoms with van der Waals surface area (Å²) in [7, 11) is -3.10. The first-order chi connectivity index (χ1) is 13.9. The highest BCUT2D eigenvalue weighted by atomic mass is 32.2. The summed E-state index contributed by atoms with van der Waals surface area (Å²) >= 11 is 0. The number of rotatable bonds is 8. The smallest absolute Gasteiger partial charge is 0.254 e. The second-order valence-corrected chi connectivity index (χ2v) is 9.93. The molecule has 0 saturated carbocycles. The minimum Gasteiger partial charge on any atom is -0.494 e. The average molecular weight is 416 g/mol. The lowest BCUT2D eigenvalue weighted by Gasteiger charge is -2.29. The van der Waals surface area contributed by atoms with Gasteiger partial charge in [0.2, 0.25) is 0 Å². The summed E-state index contributed by atoms with van der Waals surface area (Å²) in [4.78, 5) is 15.1. The number of carbonyl (C=O) groups is 1. The number of benzene rings is 2. The third-order valence-electron chi connectivity index (χ3n) is 5.23. The van der Waals surface area contributed by atoms with Gasteiger partial charge in [-0.25, -0.2) is 8.42 Å². The van der Waals surface area contributed by atoms with E-state index in [2.05, 4.69) is 6.92 Å². The number of nitrogens with zero attached hydrogens (tertiary/aromatic N) is 1. The molecule has 2 aromatic rings. The van der Waals surface area contributed by atoms with Crippen molar-refractivity contribution in [2.45, 2.75) is 45.7 Å². The summed E-state index contributed by atoms with van der Waals surface area (Å²) in [5.74, 6) is 0.666. The van der Waals surface area contributed by atoms with Crippen LogP contribution in [0.1, 0.15) is 47.7 Å². The summed E-state index contributed by atoms with van der Waals surface area (Å²) in [6.07, 6.45) is 2.48. The molecule has 1 amide bonds. The molecule has 1 aliphatic heterocycles. The second kappa shape index (κ2) is 9.44. The van der Waals surface area contributed by atoms with Crippen molar-refractivity contribution in [2.75, 3.05) is 18.1 Å². The normalized spacial score (nSPS) is 17.8. The van der Waals surface area contributed by atoms with E-state index in [9.17, 15) is 13.2 Å². The lowest BCUT2D eigenvalue weighted by atomic mass is 10.1. The molecule has 2 aromatic carbocycles. The maximum atomic E-state index is 13.4. The molecule has 29 heavy (non-hydrogen) atoms. The van der Waals surface area contributed by atoms with Gasteiger partial charge in [0.25, 0.3) is 5.91 Å². The van der Waals surface area contributed by atoms with Crippen molar-refractivity contribution >= 4 is 15.7 Å². The van der Waals surface area contributed by atoms with Gasteiger partial charge in [-0.15, -0.1) is 0 Å². The van der Waals surface area contributed by atoms with Crippen LogP contribution in [-0.2, 0) is 16.4 Å². The molecule has 0 spiro atoms. The standard InChI is InChI=1S/C23H29NO4S/c1-3-4-13-28-22-7-5-6-20(15-22)23(25)24(21-12-14-29(26,27)17-21)16-19-10-8-18(2)9-11-19/h5-11,15,21H,3-4,12-14,16-17H2,1-2H3. The molecule has 0 aliphatic carbocycles. The van der Waals surface area contributed by atoms with Crippen LogP contribution in [0.5, 0.6) is 5.75 Å². The van der Waals surface area contributed by atoms with Crippen LogP contribution in [0.15, 0.2) is 48.5 Å². The summed E-state index contributed by atoms with van der Waals surface area (Å²) in [5.41, 5.74) is 2.66. The van der Waals surface area contributed by atoms with Gasteiger partial charge < -0.3 is 9.64 Å². The van der Waals surface area contributed by atoms with E-state index in [-0.39, 0.29) is 23.5 Å². The van der Waals surface area contributed by atoms with Gasteiger partial charge in [0.05, 0.1) is 18.1 Å². The lowest BCUT2D eigenvalue weighted by molar-refractivity contribution is 0.0680. The highest BCUT2D eigenvalue weighted by Crippen LogP contribution is 2.24. The van der Waals surface area contributed by atoms with Crippen LogP contribution >= 0.6 is 0 Å². The van der Waals surface area contributed by atoms with E-state index < -0.39 is 9.84 Å². The van der Waals surface area contributed by atoms with Crippen LogP contribution in [0.25, 0.3) is 0 Å². The molecule has 0 N–H and O–H groups in total. The molecule has 1 atom stereocenters. The number of amides is 1. The van der Waals surface area contributed by atoms with Crippen LogP contribution in [-0.4, -0.2) is 43.4 Å². The zero-order chi connectivity index (χ0) is 20.9.